The van der Waals surface area contributed by atoms with Crippen LogP contribution in [0.2, 0.25) is 0 Å². The van der Waals surface area contributed by atoms with Crippen LogP contribution < -0.4 is 0 Å². The van der Waals surface area contributed by atoms with Crippen molar-refractivity contribution in [2.24, 2.45) is 17.3 Å². The molecule has 0 aromatic carbocycles. The number of hydrogen-bond acceptors (Lipinski definition) is 2. The second kappa shape index (κ2) is 3.75. The molecule has 3 saturated carbocycles. The SMILES string of the molecule is CCCC(=O)OC1(C)CCC2CC1C2(C)C. The van der Waals surface area contributed by atoms with Crippen molar-refractivity contribution < 1.29 is 9.53 Å². The zero-order chi connectivity index (χ0) is 12.0. The van der Waals surface area contributed by atoms with Gasteiger partial charge in [0.25, 0.3) is 0 Å². The summed E-state index contributed by atoms with van der Waals surface area (Å²) in [7, 11) is 0. The molecule has 3 atom stereocenters. The van der Waals surface area contributed by atoms with Crippen LogP contribution in [0.15, 0.2) is 0 Å². The van der Waals surface area contributed by atoms with Crippen LogP contribution in [-0.4, -0.2) is 11.6 Å². The number of rotatable bonds is 3. The molecule has 3 fully saturated rings. The second-order valence-corrected chi connectivity index (χ2v) is 6.38. The van der Waals surface area contributed by atoms with Gasteiger partial charge in [-0.1, -0.05) is 20.8 Å². The van der Waals surface area contributed by atoms with Gasteiger partial charge in [-0.05, 0) is 43.9 Å². The van der Waals surface area contributed by atoms with Gasteiger partial charge in [-0.3, -0.25) is 4.79 Å². The van der Waals surface area contributed by atoms with E-state index in [1.807, 2.05) is 6.92 Å². The Labute approximate surface area is 98.7 Å². The Balaban J connectivity index is 2.04. The maximum Gasteiger partial charge on any atom is 0.306 e. The van der Waals surface area contributed by atoms with E-state index in [0.29, 0.717) is 17.8 Å². The molecule has 3 aliphatic carbocycles. The van der Waals surface area contributed by atoms with Gasteiger partial charge in [-0.25, -0.2) is 0 Å². The third-order valence-electron chi connectivity index (χ3n) is 5.00. The molecule has 0 N–H and O–H groups in total. The largest absolute Gasteiger partial charge is 0.459 e. The van der Waals surface area contributed by atoms with Gasteiger partial charge >= 0.3 is 5.97 Å². The van der Waals surface area contributed by atoms with E-state index in [2.05, 4.69) is 20.8 Å². The fourth-order valence-corrected chi connectivity index (χ4v) is 3.81. The molecular weight excluding hydrogens is 200 g/mol. The zero-order valence-corrected chi connectivity index (χ0v) is 11.0. The first kappa shape index (κ1) is 11.9. The number of fused-ring (bicyclic) bond motifs is 2. The van der Waals surface area contributed by atoms with Gasteiger partial charge in [0.05, 0.1) is 0 Å². The van der Waals surface area contributed by atoms with E-state index in [0.717, 1.165) is 18.8 Å². The Morgan fingerprint density at radius 1 is 1.38 bits per heavy atom. The molecule has 2 bridgehead atoms. The number of carbonyl (C=O) groups excluding carboxylic acids is 1. The van der Waals surface area contributed by atoms with E-state index in [9.17, 15) is 4.79 Å². The predicted molar refractivity (Wildman–Crippen MR) is 64.0 cm³/mol. The van der Waals surface area contributed by atoms with Crippen LogP contribution in [0, 0.1) is 17.3 Å². The Hall–Kier alpha value is -0.530. The highest BCUT2D eigenvalue weighted by Crippen LogP contribution is 2.63. The Morgan fingerprint density at radius 3 is 2.56 bits per heavy atom. The van der Waals surface area contributed by atoms with Crippen molar-refractivity contribution in [3.05, 3.63) is 0 Å². The molecule has 0 heterocycles. The molecule has 0 aliphatic heterocycles. The normalized spacial score (nSPS) is 40.0. The van der Waals surface area contributed by atoms with Crippen molar-refractivity contribution in [3.8, 4) is 0 Å². The third-order valence-corrected chi connectivity index (χ3v) is 5.00. The van der Waals surface area contributed by atoms with Crippen molar-refractivity contribution in [3.63, 3.8) is 0 Å². The van der Waals surface area contributed by atoms with E-state index in [1.165, 1.54) is 12.8 Å². The smallest absolute Gasteiger partial charge is 0.306 e. The van der Waals surface area contributed by atoms with Crippen LogP contribution in [-0.2, 0) is 9.53 Å². The first-order chi connectivity index (χ1) is 7.40. The summed E-state index contributed by atoms with van der Waals surface area (Å²) < 4.78 is 5.77. The van der Waals surface area contributed by atoms with E-state index < -0.39 is 0 Å². The Kier molecular flexibility index (Phi) is 2.80. The summed E-state index contributed by atoms with van der Waals surface area (Å²) >= 11 is 0. The van der Waals surface area contributed by atoms with Crippen LogP contribution in [0.5, 0.6) is 0 Å². The second-order valence-electron chi connectivity index (χ2n) is 6.38. The Morgan fingerprint density at radius 2 is 2.06 bits per heavy atom. The molecule has 0 aromatic heterocycles. The third kappa shape index (κ3) is 1.66. The van der Waals surface area contributed by atoms with Crippen LogP contribution in [0.25, 0.3) is 0 Å². The maximum atomic E-state index is 11.7. The highest BCUT2D eigenvalue weighted by atomic mass is 16.6. The summed E-state index contributed by atoms with van der Waals surface area (Å²) in [6, 6.07) is 0. The standard InChI is InChI=1S/C14H24O2/c1-5-6-12(15)16-14(4)8-7-10-9-11(14)13(10,2)3/h10-11H,5-9H2,1-4H3. The minimum atomic E-state index is -0.190. The van der Waals surface area contributed by atoms with Crippen molar-refractivity contribution in [2.75, 3.05) is 0 Å². The topological polar surface area (TPSA) is 26.3 Å². The zero-order valence-electron chi connectivity index (χ0n) is 11.0. The van der Waals surface area contributed by atoms with Gasteiger partial charge in [-0.2, -0.15) is 0 Å². The molecule has 0 saturated heterocycles. The molecule has 3 unspecified atom stereocenters. The molecule has 0 amide bonds. The van der Waals surface area contributed by atoms with Gasteiger partial charge in [0.2, 0.25) is 0 Å². The van der Waals surface area contributed by atoms with Crippen LogP contribution in [0.4, 0.5) is 0 Å². The molecule has 0 spiro atoms. The summed E-state index contributed by atoms with van der Waals surface area (Å²) in [5.74, 6) is 1.42. The van der Waals surface area contributed by atoms with Crippen molar-refractivity contribution >= 4 is 5.97 Å². The summed E-state index contributed by atoms with van der Waals surface area (Å²) in [5.41, 5.74) is 0.185. The number of hydrogen-bond donors (Lipinski definition) is 0. The van der Waals surface area contributed by atoms with Crippen molar-refractivity contribution in [2.45, 2.75) is 65.4 Å². The average molecular weight is 224 g/mol. The molecule has 2 nitrogen and oxygen atoms in total. The lowest BCUT2D eigenvalue weighted by molar-refractivity contribution is -0.218. The quantitative estimate of drug-likeness (QED) is 0.685. The molecular formula is C14H24O2. The van der Waals surface area contributed by atoms with Gasteiger partial charge in [-0.15, -0.1) is 0 Å². The van der Waals surface area contributed by atoms with Gasteiger partial charge in [0, 0.05) is 12.3 Å². The molecule has 2 heteroatoms. The summed E-state index contributed by atoms with van der Waals surface area (Å²) in [4.78, 5) is 11.7. The number of carbonyl (C=O) groups is 1. The summed E-state index contributed by atoms with van der Waals surface area (Å²) in [6.07, 6.45) is 4.97. The van der Waals surface area contributed by atoms with E-state index in [4.69, 9.17) is 4.74 Å². The predicted octanol–water partition coefficient (Wildman–Crippen LogP) is 3.54. The molecule has 92 valence electrons. The molecule has 16 heavy (non-hydrogen) atoms. The van der Waals surface area contributed by atoms with Gasteiger partial charge in [0.1, 0.15) is 5.60 Å². The minimum absolute atomic E-state index is 0.00819. The fourth-order valence-electron chi connectivity index (χ4n) is 3.81. The highest BCUT2D eigenvalue weighted by molar-refractivity contribution is 5.69. The van der Waals surface area contributed by atoms with E-state index >= 15 is 0 Å². The average Bonchev–Trinajstić information content (AvgIpc) is 2.16. The first-order valence-corrected chi connectivity index (χ1v) is 6.62. The monoisotopic (exact) mass is 224 g/mol. The molecule has 0 radical (unpaired) electrons. The first-order valence-electron chi connectivity index (χ1n) is 6.62. The maximum absolute atomic E-state index is 11.7. The summed E-state index contributed by atoms with van der Waals surface area (Å²) in [6.45, 7) is 8.82. The number of ether oxygens (including phenoxy) is 1. The lowest BCUT2D eigenvalue weighted by atomic mass is 9.44. The Bertz CT molecular complexity index is 293. The molecule has 3 aliphatic rings. The van der Waals surface area contributed by atoms with Crippen molar-refractivity contribution in [1.29, 1.82) is 0 Å². The van der Waals surface area contributed by atoms with Crippen LogP contribution in [0.1, 0.15) is 59.8 Å². The van der Waals surface area contributed by atoms with Gasteiger partial charge in [0.15, 0.2) is 0 Å². The fraction of sp³-hybridized carbons (Fsp3) is 0.929. The summed E-state index contributed by atoms with van der Waals surface area (Å²) in [5, 5.41) is 0. The van der Waals surface area contributed by atoms with Crippen LogP contribution in [0.3, 0.4) is 0 Å². The number of esters is 1. The minimum Gasteiger partial charge on any atom is -0.459 e. The van der Waals surface area contributed by atoms with Gasteiger partial charge < -0.3 is 4.74 Å². The van der Waals surface area contributed by atoms with E-state index in [-0.39, 0.29) is 11.6 Å². The molecule has 0 aromatic rings. The lowest BCUT2D eigenvalue weighted by Crippen LogP contribution is -2.61. The van der Waals surface area contributed by atoms with Crippen molar-refractivity contribution in [1.82, 2.24) is 0 Å². The molecule has 3 rings (SSSR count). The van der Waals surface area contributed by atoms with E-state index in [1.54, 1.807) is 0 Å². The highest BCUT2D eigenvalue weighted by Gasteiger charge is 2.60. The lowest BCUT2D eigenvalue weighted by Gasteiger charge is -2.63. The van der Waals surface area contributed by atoms with Crippen LogP contribution >= 0.6 is 0 Å².